The number of hydrogen-bond acceptors (Lipinski definition) is 3. The van der Waals surface area contributed by atoms with Gasteiger partial charge in [-0.1, -0.05) is 30.3 Å². The highest BCUT2D eigenvalue weighted by atomic mass is 19.1. The molecule has 2 aromatic carbocycles. The highest BCUT2D eigenvalue weighted by Gasteiger charge is 2.34. The maximum Gasteiger partial charge on any atom is 0.229 e. The quantitative estimate of drug-likeness (QED) is 0.845. The van der Waals surface area contributed by atoms with E-state index in [0.29, 0.717) is 17.0 Å². The van der Waals surface area contributed by atoms with Crippen molar-refractivity contribution < 1.29 is 18.7 Å². The number of ether oxygens (including phenoxy) is 1. The second-order valence-electron chi connectivity index (χ2n) is 6.92. The van der Waals surface area contributed by atoms with Crippen LogP contribution in [-0.2, 0) is 16.1 Å². The van der Waals surface area contributed by atoms with Crippen LogP contribution in [0, 0.1) is 11.7 Å². The van der Waals surface area contributed by atoms with Gasteiger partial charge in [-0.3, -0.25) is 9.59 Å². The highest BCUT2D eigenvalue weighted by molar-refractivity contribution is 5.98. The van der Waals surface area contributed by atoms with Crippen molar-refractivity contribution in [1.29, 1.82) is 0 Å². The fourth-order valence-electron chi connectivity index (χ4n) is 3.09. The number of carbonyl (C=O) groups excluding carboxylic acids is 2. The fourth-order valence-corrected chi connectivity index (χ4v) is 3.09. The van der Waals surface area contributed by atoms with E-state index in [1.54, 1.807) is 30.3 Å². The van der Waals surface area contributed by atoms with Gasteiger partial charge in [0.25, 0.3) is 0 Å². The summed E-state index contributed by atoms with van der Waals surface area (Å²) in [5.74, 6) is -0.618. The predicted octanol–water partition coefficient (Wildman–Crippen LogP) is 3.60. The van der Waals surface area contributed by atoms with E-state index in [0.717, 1.165) is 0 Å². The number of nitrogens with zero attached hydrogens (tertiary/aromatic N) is 1. The minimum Gasteiger partial charge on any atom is -0.489 e. The summed E-state index contributed by atoms with van der Waals surface area (Å²) in [6.45, 7) is 4.26. The van der Waals surface area contributed by atoms with E-state index in [9.17, 15) is 14.0 Å². The number of para-hydroxylation sites is 2. The second kappa shape index (κ2) is 8.20. The Hall–Kier alpha value is -2.89. The van der Waals surface area contributed by atoms with Crippen LogP contribution in [0.2, 0.25) is 0 Å². The first-order chi connectivity index (χ1) is 12.9. The first-order valence-electron chi connectivity index (χ1n) is 9.01. The summed E-state index contributed by atoms with van der Waals surface area (Å²) in [5, 5.41) is 2.86. The SMILES string of the molecule is CC(C)Oc1ccccc1NC(=O)C1CC(=O)N(Cc2ccccc2F)C1. The van der Waals surface area contributed by atoms with Crippen molar-refractivity contribution in [2.75, 3.05) is 11.9 Å². The van der Waals surface area contributed by atoms with Crippen LogP contribution < -0.4 is 10.1 Å². The molecule has 1 aliphatic heterocycles. The average Bonchev–Trinajstić information content (AvgIpc) is 2.99. The van der Waals surface area contributed by atoms with Crippen molar-refractivity contribution in [2.45, 2.75) is 32.9 Å². The Bertz CT molecular complexity index is 838. The van der Waals surface area contributed by atoms with E-state index in [1.807, 2.05) is 26.0 Å². The van der Waals surface area contributed by atoms with E-state index < -0.39 is 5.92 Å². The van der Waals surface area contributed by atoms with Crippen LogP contribution in [-0.4, -0.2) is 29.4 Å². The third-order valence-corrected chi connectivity index (χ3v) is 4.41. The van der Waals surface area contributed by atoms with Gasteiger partial charge in [0.2, 0.25) is 11.8 Å². The molecule has 27 heavy (non-hydrogen) atoms. The zero-order valence-corrected chi connectivity index (χ0v) is 15.4. The van der Waals surface area contributed by atoms with E-state index in [1.165, 1.54) is 11.0 Å². The summed E-state index contributed by atoms with van der Waals surface area (Å²) < 4.78 is 19.5. The standard InChI is InChI=1S/C21H23FN2O3/c1-14(2)27-19-10-6-5-9-18(19)23-21(26)16-11-20(25)24(13-16)12-15-7-3-4-8-17(15)22/h3-10,14,16H,11-13H2,1-2H3,(H,23,26). The molecule has 1 unspecified atom stereocenters. The van der Waals surface area contributed by atoms with E-state index in [4.69, 9.17) is 4.74 Å². The summed E-state index contributed by atoms with van der Waals surface area (Å²) in [4.78, 5) is 26.4. The maximum atomic E-state index is 13.8. The molecule has 1 heterocycles. The van der Waals surface area contributed by atoms with Gasteiger partial charge in [-0.2, -0.15) is 0 Å². The highest BCUT2D eigenvalue weighted by Crippen LogP contribution is 2.27. The van der Waals surface area contributed by atoms with E-state index in [-0.39, 0.29) is 43.2 Å². The first kappa shape index (κ1) is 18.9. The van der Waals surface area contributed by atoms with E-state index in [2.05, 4.69) is 5.32 Å². The zero-order chi connectivity index (χ0) is 19.4. The normalized spacial score (nSPS) is 16.7. The molecule has 1 saturated heterocycles. The van der Waals surface area contributed by atoms with Gasteiger partial charge in [-0.05, 0) is 32.0 Å². The third kappa shape index (κ3) is 4.64. The number of likely N-dealkylation sites (tertiary alicyclic amines) is 1. The molecule has 1 fully saturated rings. The van der Waals surface area contributed by atoms with Crippen LogP contribution in [0.3, 0.4) is 0 Å². The van der Waals surface area contributed by atoms with Gasteiger partial charge < -0.3 is 15.0 Å². The summed E-state index contributed by atoms with van der Waals surface area (Å²) in [7, 11) is 0. The predicted molar refractivity (Wildman–Crippen MR) is 101 cm³/mol. The maximum absolute atomic E-state index is 13.8. The van der Waals surface area contributed by atoms with Crippen LogP contribution >= 0.6 is 0 Å². The molecule has 2 amide bonds. The van der Waals surface area contributed by atoms with Crippen LogP contribution in [0.4, 0.5) is 10.1 Å². The number of carbonyl (C=O) groups is 2. The Morgan fingerprint density at radius 3 is 2.67 bits per heavy atom. The molecule has 0 aromatic heterocycles. The second-order valence-corrected chi connectivity index (χ2v) is 6.92. The van der Waals surface area contributed by atoms with Crippen LogP contribution in [0.5, 0.6) is 5.75 Å². The number of nitrogens with one attached hydrogen (secondary N) is 1. The van der Waals surface area contributed by atoms with Gasteiger partial charge in [0.05, 0.1) is 17.7 Å². The minimum absolute atomic E-state index is 0.0210. The van der Waals surface area contributed by atoms with Gasteiger partial charge in [0.15, 0.2) is 0 Å². The smallest absolute Gasteiger partial charge is 0.229 e. The van der Waals surface area contributed by atoms with Crippen molar-refractivity contribution in [2.24, 2.45) is 5.92 Å². The summed E-state index contributed by atoms with van der Waals surface area (Å²) >= 11 is 0. The Morgan fingerprint density at radius 1 is 1.22 bits per heavy atom. The molecule has 5 nitrogen and oxygen atoms in total. The summed E-state index contributed by atoms with van der Waals surface area (Å²) in [6.07, 6.45) is 0.0976. The third-order valence-electron chi connectivity index (χ3n) is 4.41. The Labute approximate surface area is 158 Å². The number of amides is 2. The molecule has 2 aromatic rings. The number of benzene rings is 2. The summed E-state index contributed by atoms with van der Waals surface area (Å²) in [5.41, 5.74) is 1.03. The molecule has 1 aliphatic rings. The molecule has 0 radical (unpaired) electrons. The van der Waals surface area contributed by atoms with E-state index >= 15 is 0 Å². The largest absolute Gasteiger partial charge is 0.489 e. The number of anilines is 1. The molecular weight excluding hydrogens is 347 g/mol. The zero-order valence-electron chi connectivity index (χ0n) is 15.4. The molecule has 3 rings (SSSR count). The first-order valence-corrected chi connectivity index (χ1v) is 9.01. The molecular formula is C21H23FN2O3. The van der Waals surface area contributed by atoms with Crippen molar-refractivity contribution in [3.05, 3.63) is 59.9 Å². The average molecular weight is 370 g/mol. The molecule has 6 heteroatoms. The monoisotopic (exact) mass is 370 g/mol. The van der Waals surface area contributed by atoms with Crippen LogP contribution in [0.25, 0.3) is 0 Å². The Balaban J connectivity index is 1.65. The van der Waals surface area contributed by atoms with Gasteiger partial charge >= 0.3 is 0 Å². The van der Waals surface area contributed by atoms with Crippen molar-refractivity contribution in [3.8, 4) is 5.75 Å². The molecule has 1 atom stereocenters. The lowest BCUT2D eigenvalue weighted by molar-refractivity contribution is -0.128. The molecule has 0 bridgehead atoms. The van der Waals surface area contributed by atoms with Gasteiger partial charge in [-0.25, -0.2) is 4.39 Å². The van der Waals surface area contributed by atoms with Crippen molar-refractivity contribution in [1.82, 2.24) is 4.90 Å². The molecule has 1 N–H and O–H groups in total. The molecule has 0 spiro atoms. The summed E-state index contributed by atoms with van der Waals surface area (Å²) in [6, 6.07) is 13.6. The van der Waals surface area contributed by atoms with Crippen molar-refractivity contribution >= 4 is 17.5 Å². The van der Waals surface area contributed by atoms with Crippen molar-refractivity contribution in [3.63, 3.8) is 0 Å². The topological polar surface area (TPSA) is 58.6 Å². The Kier molecular flexibility index (Phi) is 5.74. The lowest BCUT2D eigenvalue weighted by atomic mass is 10.1. The minimum atomic E-state index is -0.476. The lowest BCUT2D eigenvalue weighted by Gasteiger charge is -2.18. The van der Waals surface area contributed by atoms with Gasteiger partial charge in [0.1, 0.15) is 11.6 Å². The number of halogens is 1. The number of rotatable bonds is 6. The van der Waals surface area contributed by atoms with Gasteiger partial charge in [0, 0.05) is 25.1 Å². The molecule has 0 saturated carbocycles. The Morgan fingerprint density at radius 2 is 1.93 bits per heavy atom. The lowest BCUT2D eigenvalue weighted by Crippen LogP contribution is -2.28. The fraction of sp³-hybridized carbons (Fsp3) is 0.333. The number of hydrogen-bond donors (Lipinski definition) is 1. The van der Waals surface area contributed by atoms with Crippen LogP contribution in [0.1, 0.15) is 25.8 Å². The molecule has 0 aliphatic carbocycles. The molecule has 142 valence electrons. The van der Waals surface area contributed by atoms with Crippen LogP contribution in [0.15, 0.2) is 48.5 Å². The van der Waals surface area contributed by atoms with Gasteiger partial charge in [-0.15, -0.1) is 0 Å².